The average molecular weight is 233 g/mol. The van der Waals surface area contributed by atoms with Gasteiger partial charge in [-0.15, -0.1) is 0 Å². The van der Waals surface area contributed by atoms with Crippen molar-refractivity contribution in [1.82, 2.24) is 5.32 Å². The molecule has 0 aromatic heterocycles. The predicted octanol–water partition coefficient (Wildman–Crippen LogP) is 0.520. The minimum atomic E-state index is -0.926. The first-order valence-electron chi connectivity index (χ1n) is 4.80. The van der Waals surface area contributed by atoms with E-state index in [9.17, 15) is 9.59 Å². The van der Waals surface area contributed by atoms with E-state index in [1.54, 1.807) is 24.3 Å². The Hall–Kier alpha value is -2.55. The number of carbonyl (C=O) groups excluding carboxylic acids is 2. The van der Waals surface area contributed by atoms with Crippen LogP contribution in [0.2, 0.25) is 0 Å². The summed E-state index contributed by atoms with van der Waals surface area (Å²) in [6.07, 6.45) is -0.851. The van der Waals surface area contributed by atoms with Crippen LogP contribution in [0.5, 0.6) is 5.75 Å². The molecule has 1 aromatic rings. The number of carbonyl (C=O) groups is 2. The van der Waals surface area contributed by atoms with Crippen molar-refractivity contribution >= 4 is 11.9 Å². The van der Waals surface area contributed by atoms with Gasteiger partial charge in [0.15, 0.2) is 6.10 Å². The molecule has 3 N–H and O–H groups in total. The van der Waals surface area contributed by atoms with Gasteiger partial charge in [-0.25, -0.2) is 4.79 Å². The summed E-state index contributed by atoms with van der Waals surface area (Å²) in [5.74, 6) is -0.196. The Balaban J connectivity index is 2.61. The number of nitrogens with zero attached hydrogens (tertiary/aromatic N) is 1. The molecule has 6 nitrogen and oxygen atoms in total. The second kappa shape index (κ2) is 5.51. The molecule has 0 unspecified atom stereocenters. The summed E-state index contributed by atoms with van der Waals surface area (Å²) in [6.45, 7) is 1.48. The summed E-state index contributed by atoms with van der Waals surface area (Å²) in [6, 6.07) is 7.29. The van der Waals surface area contributed by atoms with Gasteiger partial charge in [-0.2, -0.15) is 5.26 Å². The monoisotopic (exact) mass is 233 g/mol. The summed E-state index contributed by atoms with van der Waals surface area (Å²) in [4.78, 5) is 21.7. The number of nitriles is 1. The first kappa shape index (κ1) is 12.5. The topological polar surface area (TPSA) is 105 Å². The summed E-state index contributed by atoms with van der Waals surface area (Å²) in [5.41, 5.74) is 5.29. The smallest absolute Gasteiger partial charge is 0.318 e. The molecule has 0 fully saturated rings. The standard InChI is InChI=1S/C11H11N3O3/c1-7(10(15)14-11(13)16)17-9-4-2-8(6-12)3-5-9/h2-5,7H,1H3,(H3,13,14,15,16)/t7-/m1/s1. The van der Waals surface area contributed by atoms with E-state index >= 15 is 0 Å². The lowest BCUT2D eigenvalue weighted by Gasteiger charge is -2.13. The van der Waals surface area contributed by atoms with Gasteiger partial charge in [0.1, 0.15) is 5.75 Å². The highest BCUT2D eigenvalue weighted by atomic mass is 16.5. The molecule has 0 saturated heterocycles. The van der Waals surface area contributed by atoms with Gasteiger partial charge < -0.3 is 10.5 Å². The van der Waals surface area contributed by atoms with Crippen molar-refractivity contribution in [3.63, 3.8) is 0 Å². The molecule has 0 aliphatic carbocycles. The van der Waals surface area contributed by atoms with Crippen LogP contribution in [0, 0.1) is 11.3 Å². The van der Waals surface area contributed by atoms with E-state index < -0.39 is 18.0 Å². The summed E-state index contributed by atoms with van der Waals surface area (Å²) >= 11 is 0. The highest BCUT2D eigenvalue weighted by Gasteiger charge is 2.15. The molecular weight excluding hydrogens is 222 g/mol. The molecule has 1 aromatic carbocycles. The number of amides is 3. The third-order valence-electron chi connectivity index (χ3n) is 1.91. The zero-order valence-electron chi connectivity index (χ0n) is 9.14. The first-order chi connectivity index (χ1) is 8.02. The molecule has 0 aliphatic heterocycles. The SMILES string of the molecule is C[C@@H](Oc1ccc(C#N)cc1)C(=O)NC(N)=O. The number of hydrogen-bond donors (Lipinski definition) is 2. The number of primary amides is 1. The van der Waals surface area contributed by atoms with E-state index in [1.165, 1.54) is 6.92 Å². The van der Waals surface area contributed by atoms with Crippen molar-refractivity contribution in [3.05, 3.63) is 29.8 Å². The second-order valence-corrected chi connectivity index (χ2v) is 3.25. The van der Waals surface area contributed by atoms with Gasteiger partial charge >= 0.3 is 6.03 Å². The maximum absolute atomic E-state index is 11.3. The van der Waals surface area contributed by atoms with Gasteiger partial charge in [-0.1, -0.05) is 0 Å². The van der Waals surface area contributed by atoms with E-state index in [-0.39, 0.29) is 0 Å². The molecule has 0 aliphatic rings. The Morgan fingerprint density at radius 3 is 2.47 bits per heavy atom. The van der Waals surface area contributed by atoms with E-state index in [1.807, 2.05) is 11.4 Å². The minimum absolute atomic E-state index is 0.427. The number of ether oxygens (including phenoxy) is 1. The lowest BCUT2D eigenvalue weighted by Crippen LogP contribution is -2.42. The molecule has 88 valence electrons. The van der Waals surface area contributed by atoms with Crippen LogP contribution in [-0.2, 0) is 4.79 Å². The number of benzene rings is 1. The number of imide groups is 1. The molecule has 1 atom stereocenters. The van der Waals surface area contributed by atoms with Gasteiger partial charge in [-0.3, -0.25) is 10.1 Å². The largest absolute Gasteiger partial charge is 0.481 e. The molecule has 0 saturated carbocycles. The number of nitrogens with two attached hydrogens (primary N) is 1. The van der Waals surface area contributed by atoms with Gasteiger partial charge in [0.05, 0.1) is 11.6 Å². The van der Waals surface area contributed by atoms with Gasteiger partial charge in [-0.05, 0) is 31.2 Å². The third-order valence-corrected chi connectivity index (χ3v) is 1.91. The number of rotatable bonds is 3. The average Bonchev–Trinajstić information content (AvgIpc) is 2.29. The van der Waals surface area contributed by atoms with E-state index in [4.69, 9.17) is 15.7 Å². The van der Waals surface area contributed by atoms with Gasteiger partial charge in [0, 0.05) is 0 Å². The molecule has 0 radical (unpaired) electrons. The highest BCUT2D eigenvalue weighted by Crippen LogP contribution is 2.13. The molecule has 17 heavy (non-hydrogen) atoms. The van der Waals surface area contributed by atoms with E-state index in [0.717, 1.165) is 0 Å². The van der Waals surface area contributed by atoms with Crippen LogP contribution in [-0.4, -0.2) is 18.0 Å². The molecule has 1 rings (SSSR count). The summed E-state index contributed by atoms with van der Waals surface area (Å²) in [5, 5.41) is 10.5. The normalized spacial score (nSPS) is 11.1. The van der Waals surface area contributed by atoms with Crippen molar-refractivity contribution in [2.45, 2.75) is 13.0 Å². The molecular formula is C11H11N3O3. The van der Waals surface area contributed by atoms with Gasteiger partial charge in [0.2, 0.25) is 0 Å². The van der Waals surface area contributed by atoms with Crippen molar-refractivity contribution in [2.24, 2.45) is 5.73 Å². The zero-order chi connectivity index (χ0) is 12.8. The maximum atomic E-state index is 11.3. The van der Waals surface area contributed by atoms with E-state index in [0.29, 0.717) is 11.3 Å². The summed E-state index contributed by atoms with van der Waals surface area (Å²) in [7, 11) is 0. The van der Waals surface area contributed by atoms with E-state index in [2.05, 4.69) is 0 Å². The zero-order valence-corrected chi connectivity index (χ0v) is 9.14. The fourth-order valence-electron chi connectivity index (χ4n) is 1.09. The highest BCUT2D eigenvalue weighted by molar-refractivity contribution is 5.95. The van der Waals surface area contributed by atoms with Crippen LogP contribution in [0.4, 0.5) is 4.79 Å². The molecule has 0 heterocycles. The number of nitrogens with one attached hydrogen (secondary N) is 1. The van der Waals surface area contributed by atoms with Crippen LogP contribution in [0.15, 0.2) is 24.3 Å². The Morgan fingerprint density at radius 1 is 1.41 bits per heavy atom. The van der Waals surface area contributed by atoms with Crippen LogP contribution in [0.1, 0.15) is 12.5 Å². The Morgan fingerprint density at radius 2 is 2.00 bits per heavy atom. The second-order valence-electron chi connectivity index (χ2n) is 3.25. The van der Waals surface area contributed by atoms with Crippen molar-refractivity contribution < 1.29 is 14.3 Å². The summed E-state index contributed by atoms with van der Waals surface area (Å²) < 4.78 is 5.25. The van der Waals surface area contributed by atoms with Crippen molar-refractivity contribution in [2.75, 3.05) is 0 Å². The quantitative estimate of drug-likeness (QED) is 0.793. The predicted molar refractivity (Wildman–Crippen MR) is 59.0 cm³/mol. The number of hydrogen-bond acceptors (Lipinski definition) is 4. The van der Waals surface area contributed by atoms with Gasteiger partial charge in [0.25, 0.3) is 5.91 Å². The van der Waals surface area contributed by atoms with Crippen LogP contribution < -0.4 is 15.8 Å². The van der Waals surface area contributed by atoms with Crippen molar-refractivity contribution in [3.8, 4) is 11.8 Å². The maximum Gasteiger partial charge on any atom is 0.318 e. The lowest BCUT2D eigenvalue weighted by molar-refractivity contribution is -0.126. The molecule has 0 spiro atoms. The molecule has 0 bridgehead atoms. The minimum Gasteiger partial charge on any atom is -0.481 e. The fraction of sp³-hybridized carbons (Fsp3) is 0.182. The molecule has 6 heteroatoms. The lowest BCUT2D eigenvalue weighted by atomic mass is 10.2. The fourth-order valence-corrected chi connectivity index (χ4v) is 1.09. The molecule has 3 amide bonds. The van der Waals surface area contributed by atoms with Crippen LogP contribution in [0.25, 0.3) is 0 Å². The third kappa shape index (κ3) is 3.83. The van der Waals surface area contributed by atoms with Crippen LogP contribution >= 0.6 is 0 Å². The van der Waals surface area contributed by atoms with Crippen LogP contribution in [0.3, 0.4) is 0 Å². The Bertz CT molecular complexity index is 462. The Kier molecular flexibility index (Phi) is 4.06. The Labute approximate surface area is 98.0 Å². The first-order valence-corrected chi connectivity index (χ1v) is 4.80. The van der Waals surface area contributed by atoms with Crippen molar-refractivity contribution in [1.29, 1.82) is 5.26 Å². The number of urea groups is 1.